The van der Waals surface area contributed by atoms with Crippen LogP contribution in [-0.4, -0.2) is 11.1 Å². The average molecular weight is 140 g/mol. The van der Waals surface area contributed by atoms with Crippen LogP contribution in [0.3, 0.4) is 0 Å². The summed E-state index contributed by atoms with van der Waals surface area (Å²) in [4.78, 5) is 9.51. The minimum absolute atomic E-state index is 1.25. The van der Waals surface area contributed by atoms with Crippen LogP contribution in [0.1, 0.15) is 6.42 Å². The largest absolute Gasteiger partial charge is 0.481 e. The second-order valence-corrected chi connectivity index (χ2v) is 1.24. The summed E-state index contributed by atoms with van der Waals surface area (Å²) in [5.74, 6) is -3.50. The van der Waals surface area contributed by atoms with Crippen molar-refractivity contribution in [3.8, 4) is 0 Å². The van der Waals surface area contributed by atoms with Gasteiger partial charge in [0.2, 0.25) is 0 Å². The summed E-state index contributed by atoms with van der Waals surface area (Å²) >= 11 is 0. The van der Waals surface area contributed by atoms with Gasteiger partial charge in [-0.3, -0.25) is 4.79 Å². The van der Waals surface area contributed by atoms with E-state index in [2.05, 4.69) is 0 Å². The highest BCUT2D eigenvalue weighted by molar-refractivity contribution is 5.69. The van der Waals surface area contributed by atoms with E-state index in [0.29, 0.717) is 0 Å². The molecule has 0 spiro atoms. The van der Waals surface area contributed by atoms with Crippen LogP contribution < -0.4 is 0 Å². The van der Waals surface area contributed by atoms with E-state index in [1.54, 1.807) is 0 Å². The monoisotopic (exact) mass is 140 g/mol. The predicted octanol–water partition coefficient (Wildman–Crippen LogP) is 1.54. The van der Waals surface area contributed by atoms with Crippen molar-refractivity contribution in [1.29, 1.82) is 0 Å². The number of halogens is 3. The molecule has 2 nitrogen and oxygen atoms in total. The predicted molar refractivity (Wildman–Crippen MR) is 22.6 cm³/mol. The molecule has 0 unspecified atom stereocenters. The Bertz CT molecular complexity index is 148. The van der Waals surface area contributed by atoms with Crippen LogP contribution in [0, 0.1) is 0 Å². The first-order valence-corrected chi connectivity index (χ1v) is 1.95. The summed E-state index contributed by atoms with van der Waals surface area (Å²) in [7, 11) is 0. The summed E-state index contributed by atoms with van der Waals surface area (Å²) in [5.41, 5.74) is 0. The summed E-state index contributed by atoms with van der Waals surface area (Å²) in [6, 6.07) is 0. The first-order valence-electron chi connectivity index (χ1n) is 1.95. The Kier molecular flexibility index (Phi) is 2.77. The molecule has 0 aliphatic carbocycles. The van der Waals surface area contributed by atoms with Crippen molar-refractivity contribution in [3.63, 3.8) is 0 Å². The zero-order valence-electron chi connectivity index (χ0n) is 4.20. The Hall–Kier alpha value is -1.00. The Morgan fingerprint density at radius 1 is 1.33 bits per heavy atom. The van der Waals surface area contributed by atoms with E-state index in [1.807, 2.05) is 0 Å². The van der Waals surface area contributed by atoms with Crippen LogP contribution in [0.25, 0.3) is 0 Å². The Labute approximate surface area is 48.6 Å². The normalized spacial score (nSPS) is 8.78. The SMILES string of the molecule is O=C(O)CC(F)=C(F)F. The van der Waals surface area contributed by atoms with Gasteiger partial charge in [-0.1, -0.05) is 0 Å². The number of carboxylic acids is 1. The van der Waals surface area contributed by atoms with E-state index in [4.69, 9.17) is 5.11 Å². The van der Waals surface area contributed by atoms with Gasteiger partial charge in [-0.15, -0.1) is 0 Å². The van der Waals surface area contributed by atoms with E-state index in [-0.39, 0.29) is 0 Å². The summed E-state index contributed by atoms with van der Waals surface area (Å²) in [6.07, 6.45) is -3.82. The van der Waals surface area contributed by atoms with Gasteiger partial charge in [0.25, 0.3) is 0 Å². The van der Waals surface area contributed by atoms with Gasteiger partial charge in [0.05, 0.1) is 0 Å². The highest BCUT2D eigenvalue weighted by Gasteiger charge is 2.08. The lowest BCUT2D eigenvalue weighted by Crippen LogP contribution is -1.94. The van der Waals surface area contributed by atoms with Crippen molar-refractivity contribution in [2.24, 2.45) is 0 Å². The molecule has 0 aromatic rings. The molecule has 0 heterocycles. The van der Waals surface area contributed by atoms with Crippen molar-refractivity contribution >= 4 is 5.97 Å². The fourth-order valence-electron chi connectivity index (χ4n) is 0.200. The zero-order valence-corrected chi connectivity index (χ0v) is 4.20. The third-order valence-electron chi connectivity index (χ3n) is 0.511. The fourth-order valence-corrected chi connectivity index (χ4v) is 0.200. The maximum atomic E-state index is 11.5. The molecule has 0 atom stereocenters. The highest BCUT2D eigenvalue weighted by atomic mass is 19.3. The van der Waals surface area contributed by atoms with Gasteiger partial charge < -0.3 is 5.11 Å². The van der Waals surface area contributed by atoms with E-state index in [0.717, 1.165) is 0 Å². The maximum Gasteiger partial charge on any atom is 0.310 e. The molecule has 0 fully saturated rings. The van der Waals surface area contributed by atoms with Crippen molar-refractivity contribution in [1.82, 2.24) is 0 Å². The quantitative estimate of drug-likeness (QED) is 0.631. The minimum Gasteiger partial charge on any atom is -0.481 e. The molecule has 5 heteroatoms. The van der Waals surface area contributed by atoms with Crippen LogP contribution in [0.2, 0.25) is 0 Å². The van der Waals surface area contributed by atoms with Crippen LogP contribution in [0.4, 0.5) is 13.2 Å². The standard InChI is InChI=1S/C4H3F3O2/c5-2(4(6)7)1-3(8)9/h1H2,(H,8,9). The molecule has 0 aliphatic heterocycles. The van der Waals surface area contributed by atoms with Crippen molar-refractivity contribution in [3.05, 3.63) is 11.9 Å². The fraction of sp³-hybridized carbons (Fsp3) is 0.250. The molecule has 0 aromatic carbocycles. The lowest BCUT2D eigenvalue weighted by Gasteiger charge is -1.86. The van der Waals surface area contributed by atoms with Gasteiger partial charge >= 0.3 is 12.0 Å². The average Bonchev–Trinajstić information content (AvgIpc) is 1.63. The highest BCUT2D eigenvalue weighted by Crippen LogP contribution is 2.11. The summed E-state index contributed by atoms with van der Waals surface area (Å²) in [6.45, 7) is 0. The van der Waals surface area contributed by atoms with Gasteiger partial charge in [0.15, 0.2) is 5.83 Å². The number of aliphatic carboxylic acids is 1. The molecule has 9 heavy (non-hydrogen) atoms. The number of hydrogen-bond donors (Lipinski definition) is 1. The minimum atomic E-state index is -2.57. The third-order valence-corrected chi connectivity index (χ3v) is 0.511. The van der Waals surface area contributed by atoms with Gasteiger partial charge in [0, 0.05) is 0 Å². The van der Waals surface area contributed by atoms with Gasteiger partial charge in [-0.05, 0) is 0 Å². The van der Waals surface area contributed by atoms with Crippen LogP contribution in [-0.2, 0) is 4.79 Å². The van der Waals surface area contributed by atoms with E-state index in [9.17, 15) is 18.0 Å². The second kappa shape index (κ2) is 3.11. The van der Waals surface area contributed by atoms with E-state index < -0.39 is 24.3 Å². The topological polar surface area (TPSA) is 37.3 Å². The van der Waals surface area contributed by atoms with Crippen LogP contribution in [0.15, 0.2) is 11.9 Å². The molecule has 0 saturated carbocycles. The lowest BCUT2D eigenvalue weighted by molar-refractivity contribution is -0.136. The molecule has 1 N–H and O–H groups in total. The van der Waals surface area contributed by atoms with Gasteiger partial charge in [0.1, 0.15) is 6.42 Å². The molecular formula is C4H3F3O2. The lowest BCUT2D eigenvalue weighted by atomic mass is 10.4. The summed E-state index contributed by atoms with van der Waals surface area (Å²) < 4.78 is 33.6. The maximum absolute atomic E-state index is 11.5. The second-order valence-electron chi connectivity index (χ2n) is 1.24. The summed E-state index contributed by atoms with van der Waals surface area (Å²) in [5, 5.41) is 7.73. The van der Waals surface area contributed by atoms with E-state index >= 15 is 0 Å². The number of rotatable bonds is 2. The van der Waals surface area contributed by atoms with Gasteiger partial charge in [-0.25, -0.2) is 4.39 Å². The molecule has 0 bridgehead atoms. The number of carbonyl (C=O) groups is 1. The van der Waals surface area contributed by atoms with Gasteiger partial charge in [-0.2, -0.15) is 8.78 Å². The molecule has 52 valence electrons. The van der Waals surface area contributed by atoms with Crippen molar-refractivity contribution < 1.29 is 23.1 Å². The van der Waals surface area contributed by atoms with E-state index in [1.165, 1.54) is 0 Å². The Morgan fingerprint density at radius 3 is 1.89 bits per heavy atom. The molecule has 0 rings (SSSR count). The first kappa shape index (κ1) is 8.00. The zero-order chi connectivity index (χ0) is 7.44. The van der Waals surface area contributed by atoms with Crippen molar-refractivity contribution in [2.45, 2.75) is 6.42 Å². The molecule has 0 aliphatic rings. The molecule has 0 radical (unpaired) electrons. The molecule has 0 aromatic heterocycles. The first-order chi connectivity index (χ1) is 4.04. The third kappa shape index (κ3) is 3.57. The molecule has 0 amide bonds. The Morgan fingerprint density at radius 2 is 1.78 bits per heavy atom. The van der Waals surface area contributed by atoms with Crippen LogP contribution >= 0.6 is 0 Å². The number of carboxylic acid groups (broad SMARTS) is 1. The number of hydrogen-bond acceptors (Lipinski definition) is 1. The Balaban J connectivity index is 3.92. The molecule has 0 saturated heterocycles. The van der Waals surface area contributed by atoms with Crippen LogP contribution in [0.5, 0.6) is 0 Å². The smallest absolute Gasteiger partial charge is 0.310 e. The van der Waals surface area contributed by atoms with Crippen molar-refractivity contribution in [2.75, 3.05) is 0 Å². The molecular weight excluding hydrogens is 137 g/mol.